The summed E-state index contributed by atoms with van der Waals surface area (Å²) < 4.78 is 7.20. The largest absolute Gasteiger partial charge is 0.467 e. The summed E-state index contributed by atoms with van der Waals surface area (Å²) in [5.74, 6) is -0.928. The van der Waals surface area contributed by atoms with Crippen molar-refractivity contribution >= 4 is 34.7 Å². The highest BCUT2D eigenvalue weighted by Gasteiger charge is 2.36. The number of hydrogen-bond donors (Lipinski definition) is 1. The van der Waals surface area contributed by atoms with Crippen LogP contribution >= 0.6 is 0 Å². The van der Waals surface area contributed by atoms with Crippen LogP contribution < -0.4 is 5.32 Å². The molecule has 2 aromatic heterocycles. The second kappa shape index (κ2) is 8.03. The van der Waals surface area contributed by atoms with Crippen molar-refractivity contribution in [3.63, 3.8) is 0 Å². The van der Waals surface area contributed by atoms with Crippen LogP contribution in [-0.4, -0.2) is 27.3 Å². The molecule has 1 aliphatic heterocycles. The molecule has 4 amide bonds. The van der Waals surface area contributed by atoms with Crippen LogP contribution in [0.5, 0.6) is 0 Å². The second-order valence-corrected chi connectivity index (χ2v) is 7.49. The van der Waals surface area contributed by atoms with E-state index in [4.69, 9.17) is 4.42 Å². The van der Waals surface area contributed by atoms with Gasteiger partial charge in [0.2, 0.25) is 0 Å². The normalized spacial score (nSPS) is 15.6. The van der Waals surface area contributed by atoms with Gasteiger partial charge in [-0.1, -0.05) is 42.5 Å². The van der Waals surface area contributed by atoms with E-state index < -0.39 is 17.8 Å². The molecule has 7 nitrogen and oxygen atoms in total. The van der Waals surface area contributed by atoms with Gasteiger partial charge in [-0.25, -0.2) is 4.79 Å². The molecule has 32 heavy (non-hydrogen) atoms. The Morgan fingerprint density at radius 3 is 2.56 bits per heavy atom. The first-order chi connectivity index (χ1) is 15.6. The molecule has 0 unspecified atom stereocenters. The Labute approximate surface area is 183 Å². The van der Waals surface area contributed by atoms with E-state index in [-0.39, 0.29) is 12.1 Å². The summed E-state index contributed by atoms with van der Waals surface area (Å²) in [5, 5.41) is 4.52. The number of carbonyl (C=O) groups excluding carboxylic acids is 3. The number of hydrogen-bond acceptors (Lipinski definition) is 4. The van der Waals surface area contributed by atoms with Gasteiger partial charge in [-0.3, -0.25) is 19.8 Å². The molecule has 2 aromatic carbocycles. The number of imide groups is 2. The number of nitrogens with one attached hydrogen (secondary N) is 1. The fraction of sp³-hybridized carbons (Fsp3) is 0.0800. The molecule has 1 N–H and O–H groups in total. The van der Waals surface area contributed by atoms with E-state index in [0.717, 1.165) is 21.2 Å². The highest BCUT2D eigenvalue weighted by atomic mass is 16.3. The maximum absolute atomic E-state index is 13.0. The molecule has 0 radical (unpaired) electrons. The molecule has 7 heteroatoms. The van der Waals surface area contributed by atoms with Crippen molar-refractivity contribution in [3.05, 3.63) is 102 Å². The molecule has 0 aliphatic carbocycles. The predicted octanol–water partition coefficient (Wildman–Crippen LogP) is 3.94. The summed E-state index contributed by atoms with van der Waals surface area (Å²) in [6.45, 7) is 0.512. The third-order valence-corrected chi connectivity index (χ3v) is 5.46. The van der Waals surface area contributed by atoms with E-state index in [1.807, 2.05) is 41.1 Å². The van der Waals surface area contributed by atoms with Gasteiger partial charge in [0.1, 0.15) is 11.3 Å². The Morgan fingerprint density at radius 2 is 1.72 bits per heavy atom. The van der Waals surface area contributed by atoms with Gasteiger partial charge < -0.3 is 8.98 Å². The number of rotatable bonds is 5. The molecule has 1 saturated heterocycles. The van der Waals surface area contributed by atoms with Gasteiger partial charge in [0.25, 0.3) is 11.8 Å². The molecule has 158 valence electrons. The summed E-state index contributed by atoms with van der Waals surface area (Å²) in [6, 6.07) is 20.5. The Hall–Kier alpha value is -4.39. The highest BCUT2D eigenvalue weighted by molar-refractivity contribution is 6.30. The number of urea groups is 1. The Kier molecular flexibility index (Phi) is 4.91. The predicted molar refractivity (Wildman–Crippen MR) is 118 cm³/mol. The van der Waals surface area contributed by atoms with Crippen LogP contribution in [0.25, 0.3) is 16.8 Å². The van der Waals surface area contributed by atoms with E-state index in [2.05, 4.69) is 29.6 Å². The third-order valence-electron chi connectivity index (χ3n) is 5.46. The molecule has 0 saturated carbocycles. The van der Waals surface area contributed by atoms with Crippen molar-refractivity contribution in [1.82, 2.24) is 14.8 Å². The van der Waals surface area contributed by atoms with E-state index >= 15 is 0 Å². The minimum absolute atomic E-state index is 0.0562. The minimum Gasteiger partial charge on any atom is -0.467 e. The van der Waals surface area contributed by atoms with Gasteiger partial charge >= 0.3 is 6.03 Å². The fourth-order valence-electron chi connectivity index (χ4n) is 3.86. The van der Waals surface area contributed by atoms with Gasteiger partial charge in [0.15, 0.2) is 0 Å². The van der Waals surface area contributed by atoms with E-state index in [1.54, 1.807) is 12.1 Å². The van der Waals surface area contributed by atoms with Gasteiger partial charge in [0.05, 0.1) is 12.8 Å². The van der Waals surface area contributed by atoms with Crippen LogP contribution in [-0.2, 0) is 22.7 Å². The van der Waals surface area contributed by atoms with Crippen LogP contribution in [0.15, 0.2) is 89.2 Å². The molecule has 1 fully saturated rings. The number of aromatic nitrogens is 1. The quantitative estimate of drug-likeness (QED) is 0.388. The standard InChI is InChI=1S/C25H19N3O4/c29-23-22(24(30)28(25(31)26-23)16-20-10-5-13-32-20)14-19-9-4-12-27(19)15-18-8-3-7-17-6-1-2-11-21(17)18/h1-14H,15-16H2,(H,26,29,31)/b22-14+. The van der Waals surface area contributed by atoms with Crippen molar-refractivity contribution in [2.75, 3.05) is 0 Å². The Morgan fingerprint density at radius 1 is 0.875 bits per heavy atom. The molecule has 4 aromatic rings. The minimum atomic E-state index is -0.764. The zero-order valence-corrected chi connectivity index (χ0v) is 17.0. The number of nitrogens with zero attached hydrogens (tertiary/aromatic N) is 2. The molecule has 1 aliphatic rings. The molecule has 0 atom stereocenters. The van der Waals surface area contributed by atoms with Crippen LogP contribution in [0.2, 0.25) is 0 Å². The highest BCUT2D eigenvalue weighted by Crippen LogP contribution is 2.22. The van der Waals surface area contributed by atoms with Gasteiger partial charge in [-0.2, -0.15) is 0 Å². The van der Waals surface area contributed by atoms with Crippen LogP contribution in [0.1, 0.15) is 17.0 Å². The van der Waals surface area contributed by atoms with Crippen molar-refractivity contribution in [1.29, 1.82) is 0 Å². The van der Waals surface area contributed by atoms with Gasteiger partial charge in [-0.15, -0.1) is 0 Å². The average Bonchev–Trinajstić information content (AvgIpc) is 3.46. The summed E-state index contributed by atoms with van der Waals surface area (Å²) in [6.07, 6.45) is 4.87. The summed E-state index contributed by atoms with van der Waals surface area (Å²) in [4.78, 5) is 38.6. The summed E-state index contributed by atoms with van der Waals surface area (Å²) in [5.41, 5.74) is 1.70. The number of barbiturate groups is 1. The molecular formula is C25H19N3O4. The Bertz CT molecular complexity index is 1360. The molecule has 5 rings (SSSR count). The monoisotopic (exact) mass is 425 g/mol. The lowest BCUT2D eigenvalue weighted by atomic mass is 10.0. The lowest BCUT2D eigenvalue weighted by molar-refractivity contribution is -0.130. The van der Waals surface area contributed by atoms with Gasteiger partial charge in [-0.05, 0) is 46.7 Å². The lowest BCUT2D eigenvalue weighted by Crippen LogP contribution is -2.53. The smallest absolute Gasteiger partial charge is 0.331 e. The van der Waals surface area contributed by atoms with E-state index in [1.165, 1.54) is 12.3 Å². The maximum Gasteiger partial charge on any atom is 0.331 e. The fourth-order valence-corrected chi connectivity index (χ4v) is 3.86. The topological polar surface area (TPSA) is 84.6 Å². The summed E-state index contributed by atoms with van der Waals surface area (Å²) >= 11 is 0. The van der Waals surface area contributed by atoms with E-state index in [0.29, 0.717) is 18.0 Å². The van der Waals surface area contributed by atoms with Crippen molar-refractivity contribution in [2.24, 2.45) is 0 Å². The average molecular weight is 425 g/mol. The first kappa shape index (κ1) is 19.6. The lowest BCUT2D eigenvalue weighted by Gasteiger charge is -2.25. The van der Waals surface area contributed by atoms with Crippen molar-refractivity contribution in [3.8, 4) is 0 Å². The number of carbonyl (C=O) groups is 3. The molecule has 0 bridgehead atoms. The second-order valence-electron chi connectivity index (χ2n) is 7.49. The third kappa shape index (κ3) is 3.60. The van der Waals surface area contributed by atoms with Crippen LogP contribution in [0, 0.1) is 0 Å². The van der Waals surface area contributed by atoms with Crippen LogP contribution in [0.4, 0.5) is 4.79 Å². The SMILES string of the molecule is O=C1NC(=O)N(Cc2ccco2)C(=O)/C1=C/c1cccn1Cc1cccc2ccccc12. The summed E-state index contributed by atoms with van der Waals surface area (Å²) in [7, 11) is 0. The molecule has 0 spiro atoms. The maximum atomic E-state index is 13.0. The first-order valence-electron chi connectivity index (χ1n) is 10.1. The van der Waals surface area contributed by atoms with Crippen molar-refractivity contribution < 1.29 is 18.8 Å². The van der Waals surface area contributed by atoms with Crippen molar-refractivity contribution in [2.45, 2.75) is 13.1 Å². The molecule has 3 heterocycles. The van der Waals surface area contributed by atoms with E-state index in [9.17, 15) is 14.4 Å². The molecular weight excluding hydrogens is 406 g/mol. The first-order valence-corrected chi connectivity index (χ1v) is 10.1. The Balaban J connectivity index is 1.46. The number of fused-ring (bicyclic) bond motifs is 1. The number of furan rings is 1. The van der Waals surface area contributed by atoms with Gasteiger partial charge in [0, 0.05) is 18.4 Å². The zero-order valence-electron chi connectivity index (χ0n) is 17.0. The van der Waals surface area contributed by atoms with Crippen LogP contribution in [0.3, 0.4) is 0 Å². The zero-order chi connectivity index (χ0) is 22.1. The number of benzene rings is 2. The number of amides is 4.